The first kappa shape index (κ1) is 20.6. The highest BCUT2D eigenvalue weighted by molar-refractivity contribution is 7.81. The van der Waals surface area contributed by atoms with E-state index in [1.165, 1.54) is 7.11 Å². The van der Waals surface area contributed by atoms with Crippen molar-refractivity contribution in [3.8, 4) is 0 Å². The van der Waals surface area contributed by atoms with Gasteiger partial charge in [0.05, 0.1) is 26.2 Å². The number of benzene rings is 1. The van der Waals surface area contributed by atoms with E-state index in [9.17, 15) is 9.59 Å². The van der Waals surface area contributed by atoms with Crippen LogP contribution in [0, 0.1) is 0 Å². The van der Waals surface area contributed by atoms with E-state index in [1.807, 2.05) is 17.0 Å². The standard InChI is InChI=1S/C17H20ClNO6S/c1-23-16(22)8-13(11-4-2-3-5-12(11)18)19-6-7-24-17(26)14(25-10-19)9-15(20)21/h2-5,9,13,17,26H,6-8,10H2,1H3,(H,20,21)/b14-9+/t13-,17?/m1/s1. The Morgan fingerprint density at radius 1 is 1.50 bits per heavy atom. The molecule has 1 unspecified atom stereocenters. The van der Waals surface area contributed by atoms with Crippen LogP contribution in [0.25, 0.3) is 0 Å². The van der Waals surface area contributed by atoms with Gasteiger partial charge in [-0.1, -0.05) is 29.8 Å². The summed E-state index contributed by atoms with van der Waals surface area (Å²) in [6.45, 7) is 0.757. The third kappa shape index (κ3) is 5.63. The van der Waals surface area contributed by atoms with Gasteiger partial charge in [0, 0.05) is 17.6 Å². The first-order chi connectivity index (χ1) is 12.4. The number of rotatable bonds is 5. The number of carbonyl (C=O) groups excluding carboxylic acids is 1. The van der Waals surface area contributed by atoms with E-state index >= 15 is 0 Å². The third-order valence-corrected chi connectivity index (χ3v) is 4.60. The molecule has 26 heavy (non-hydrogen) atoms. The van der Waals surface area contributed by atoms with Crippen LogP contribution in [0.1, 0.15) is 18.0 Å². The number of carboxylic acid groups (broad SMARTS) is 1. The largest absolute Gasteiger partial charge is 0.478 e. The summed E-state index contributed by atoms with van der Waals surface area (Å²) in [4.78, 5) is 24.7. The molecular weight excluding hydrogens is 382 g/mol. The minimum atomic E-state index is -1.16. The number of carbonyl (C=O) groups is 2. The summed E-state index contributed by atoms with van der Waals surface area (Å²) in [6.07, 6.45) is 0.970. The molecule has 1 N–H and O–H groups in total. The summed E-state index contributed by atoms with van der Waals surface area (Å²) < 4.78 is 15.9. The van der Waals surface area contributed by atoms with E-state index < -0.39 is 23.4 Å². The third-order valence-electron chi connectivity index (χ3n) is 3.85. The summed E-state index contributed by atoms with van der Waals surface area (Å²) in [5.41, 5.74) is -0.0254. The fourth-order valence-corrected chi connectivity index (χ4v) is 3.08. The molecule has 1 fully saturated rings. The molecular formula is C17H20ClNO6S. The maximum Gasteiger partial charge on any atom is 0.331 e. The Labute approximate surface area is 161 Å². The quantitative estimate of drug-likeness (QED) is 0.445. The average Bonchev–Trinajstić information content (AvgIpc) is 2.60. The number of methoxy groups -OCH3 is 1. The van der Waals surface area contributed by atoms with Crippen molar-refractivity contribution in [2.75, 3.05) is 27.0 Å². The minimum Gasteiger partial charge on any atom is -0.478 e. The maximum atomic E-state index is 11.9. The number of halogens is 1. The Kier molecular flexibility index (Phi) is 7.77. The Balaban J connectivity index is 2.27. The van der Waals surface area contributed by atoms with Gasteiger partial charge in [0.2, 0.25) is 0 Å². The first-order valence-corrected chi connectivity index (χ1v) is 8.74. The van der Waals surface area contributed by atoms with Gasteiger partial charge >= 0.3 is 11.9 Å². The van der Waals surface area contributed by atoms with Gasteiger partial charge in [-0.3, -0.25) is 9.69 Å². The second-order valence-electron chi connectivity index (χ2n) is 5.51. The molecule has 1 aromatic rings. The molecule has 1 aromatic carbocycles. The molecule has 1 heterocycles. The highest BCUT2D eigenvalue weighted by atomic mass is 35.5. The van der Waals surface area contributed by atoms with Crippen molar-refractivity contribution in [1.29, 1.82) is 0 Å². The van der Waals surface area contributed by atoms with E-state index in [0.29, 0.717) is 11.6 Å². The van der Waals surface area contributed by atoms with Crippen LogP contribution < -0.4 is 0 Å². The highest BCUT2D eigenvalue weighted by Gasteiger charge is 2.28. The van der Waals surface area contributed by atoms with Crippen molar-refractivity contribution in [3.63, 3.8) is 0 Å². The van der Waals surface area contributed by atoms with Crippen molar-refractivity contribution in [2.24, 2.45) is 0 Å². The van der Waals surface area contributed by atoms with Crippen molar-refractivity contribution >= 4 is 36.2 Å². The normalized spacial score (nSPS) is 21.3. The average molecular weight is 402 g/mol. The van der Waals surface area contributed by atoms with Crippen LogP contribution in [-0.2, 0) is 23.8 Å². The fraction of sp³-hybridized carbons (Fsp3) is 0.412. The summed E-state index contributed by atoms with van der Waals surface area (Å²) in [7, 11) is 1.32. The summed E-state index contributed by atoms with van der Waals surface area (Å²) in [6, 6.07) is 6.77. The first-order valence-electron chi connectivity index (χ1n) is 7.84. The highest BCUT2D eigenvalue weighted by Crippen LogP contribution is 2.31. The predicted octanol–water partition coefficient (Wildman–Crippen LogP) is 2.47. The smallest absolute Gasteiger partial charge is 0.331 e. The Hall–Kier alpha value is -1.74. The van der Waals surface area contributed by atoms with Gasteiger partial charge in [0.15, 0.2) is 5.44 Å². The van der Waals surface area contributed by atoms with Gasteiger partial charge in [-0.05, 0) is 11.6 Å². The van der Waals surface area contributed by atoms with Crippen LogP contribution in [0.2, 0.25) is 5.02 Å². The Morgan fingerprint density at radius 3 is 2.88 bits per heavy atom. The van der Waals surface area contributed by atoms with Crippen LogP contribution >= 0.6 is 24.2 Å². The monoisotopic (exact) mass is 401 g/mol. The molecule has 0 aliphatic carbocycles. The molecule has 0 bridgehead atoms. The molecule has 0 radical (unpaired) electrons. The van der Waals surface area contributed by atoms with Gasteiger partial charge < -0.3 is 19.3 Å². The second kappa shape index (κ2) is 9.82. The van der Waals surface area contributed by atoms with Crippen molar-refractivity contribution in [1.82, 2.24) is 4.90 Å². The molecule has 9 heteroatoms. The number of nitrogens with zero attached hydrogens (tertiary/aromatic N) is 1. The maximum absolute atomic E-state index is 11.9. The molecule has 7 nitrogen and oxygen atoms in total. The van der Waals surface area contributed by atoms with Gasteiger partial charge in [-0.25, -0.2) is 4.79 Å². The van der Waals surface area contributed by atoms with Crippen LogP contribution in [-0.4, -0.2) is 54.4 Å². The zero-order valence-electron chi connectivity index (χ0n) is 14.1. The predicted molar refractivity (Wildman–Crippen MR) is 97.9 cm³/mol. The molecule has 0 spiro atoms. The Morgan fingerprint density at radius 2 is 2.23 bits per heavy atom. The number of carboxylic acids is 1. The number of esters is 1. The van der Waals surface area contributed by atoms with Gasteiger partial charge in [0.25, 0.3) is 0 Å². The van der Waals surface area contributed by atoms with E-state index in [2.05, 4.69) is 12.6 Å². The molecule has 2 atom stereocenters. The zero-order chi connectivity index (χ0) is 19.1. The Bertz CT molecular complexity index is 683. The summed E-state index contributed by atoms with van der Waals surface area (Å²) in [5.74, 6) is -1.47. The fourth-order valence-electron chi connectivity index (χ4n) is 2.56. The summed E-state index contributed by atoms with van der Waals surface area (Å²) in [5, 5.41) is 9.46. The lowest BCUT2D eigenvalue weighted by Crippen LogP contribution is -2.38. The number of aliphatic carboxylic acids is 1. The SMILES string of the molecule is COC(=O)C[C@H](c1ccccc1Cl)N1CCOC(S)/C(=C\C(=O)O)OC1. The number of hydrogen-bond donors (Lipinski definition) is 2. The van der Waals surface area contributed by atoms with Crippen LogP contribution in [0.5, 0.6) is 0 Å². The van der Waals surface area contributed by atoms with Gasteiger partial charge in [-0.2, -0.15) is 0 Å². The summed E-state index contributed by atoms with van der Waals surface area (Å²) >= 11 is 10.5. The molecule has 2 rings (SSSR count). The lowest BCUT2D eigenvalue weighted by atomic mass is 10.0. The van der Waals surface area contributed by atoms with Gasteiger partial charge in [0.1, 0.15) is 12.5 Å². The zero-order valence-corrected chi connectivity index (χ0v) is 15.8. The molecule has 0 amide bonds. The molecule has 0 aromatic heterocycles. The molecule has 142 valence electrons. The van der Waals surface area contributed by atoms with E-state index in [-0.39, 0.29) is 25.5 Å². The van der Waals surface area contributed by atoms with Crippen LogP contribution in [0.3, 0.4) is 0 Å². The van der Waals surface area contributed by atoms with E-state index in [4.69, 9.17) is 30.9 Å². The number of thiol groups is 1. The van der Waals surface area contributed by atoms with Crippen molar-refractivity contribution in [3.05, 3.63) is 46.7 Å². The minimum absolute atomic E-state index is 0.0480. The van der Waals surface area contributed by atoms with Crippen molar-refractivity contribution < 1.29 is 28.9 Å². The van der Waals surface area contributed by atoms with Gasteiger partial charge in [-0.15, -0.1) is 12.6 Å². The number of hydrogen-bond acceptors (Lipinski definition) is 7. The molecule has 1 saturated heterocycles. The topological polar surface area (TPSA) is 85.3 Å². The second-order valence-corrected chi connectivity index (χ2v) is 6.39. The van der Waals surface area contributed by atoms with Crippen LogP contribution in [0.15, 0.2) is 36.1 Å². The lowest BCUT2D eigenvalue weighted by molar-refractivity contribution is -0.143. The van der Waals surface area contributed by atoms with E-state index in [1.54, 1.807) is 12.1 Å². The molecule has 0 saturated carbocycles. The van der Waals surface area contributed by atoms with Crippen molar-refractivity contribution in [2.45, 2.75) is 17.9 Å². The molecule has 1 aliphatic heterocycles. The molecule has 1 aliphatic rings. The van der Waals surface area contributed by atoms with Crippen LogP contribution in [0.4, 0.5) is 0 Å². The lowest BCUT2D eigenvalue weighted by Gasteiger charge is -2.34. The number of ether oxygens (including phenoxy) is 3. The van der Waals surface area contributed by atoms with E-state index in [0.717, 1.165) is 11.6 Å².